The van der Waals surface area contributed by atoms with Crippen molar-refractivity contribution >= 4 is 23.5 Å². The summed E-state index contributed by atoms with van der Waals surface area (Å²) in [4.78, 5) is 25.3. The van der Waals surface area contributed by atoms with Crippen LogP contribution in [0.15, 0.2) is 60.7 Å². The van der Waals surface area contributed by atoms with Gasteiger partial charge in [-0.3, -0.25) is 9.59 Å². The lowest BCUT2D eigenvalue weighted by molar-refractivity contribution is -0.145. The maximum absolute atomic E-state index is 12.6. The predicted molar refractivity (Wildman–Crippen MR) is 115 cm³/mol. The molecule has 0 aliphatic carbocycles. The molecule has 0 heterocycles. The topological polar surface area (TPSA) is 52.6 Å². The standard InChI is InChI=1S/C24H29ClO4/c1-3-28-23(26)21(19-11-7-5-8-12-19)15-18(17-25)16-22(24(27)29-4-2)20-13-9-6-10-14-20/h5-14,18,21-22H,3-4,15-17H2,1-2H3. The van der Waals surface area contributed by atoms with Crippen molar-refractivity contribution in [2.75, 3.05) is 19.1 Å². The van der Waals surface area contributed by atoms with Crippen molar-refractivity contribution in [1.82, 2.24) is 0 Å². The first-order chi connectivity index (χ1) is 14.1. The second-order valence-corrected chi connectivity index (χ2v) is 7.23. The number of carbonyl (C=O) groups excluding carboxylic acids is 2. The molecule has 2 rings (SSSR count). The van der Waals surface area contributed by atoms with Crippen molar-refractivity contribution < 1.29 is 19.1 Å². The van der Waals surface area contributed by atoms with Crippen molar-refractivity contribution in [2.24, 2.45) is 5.92 Å². The van der Waals surface area contributed by atoms with Gasteiger partial charge in [0.1, 0.15) is 0 Å². The molecule has 0 N–H and O–H groups in total. The molecule has 0 aliphatic rings. The molecule has 5 heteroatoms. The molecular formula is C24H29ClO4. The van der Waals surface area contributed by atoms with Crippen LogP contribution in [0.3, 0.4) is 0 Å². The SMILES string of the molecule is CCOC(=O)C(CC(CCl)CC(C(=O)OCC)c1ccccc1)c1ccccc1. The molecule has 0 saturated heterocycles. The Morgan fingerprint density at radius 2 is 1.14 bits per heavy atom. The highest BCUT2D eigenvalue weighted by Gasteiger charge is 2.30. The van der Waals surface area contributed by atoms with Crippen LogP contribution in [0.5, 0.6) is 0 Å². The van der Waals surface area contributed by atoms with E-state index in [2.05, 4.69) is 0 Å². The van der Waals surface area contributed by atoms with E-state index < -0.39 is 11.8 Å². The number of rotatable bonds is 11. The Bertz CT molecular complexity index is 684. The monoisotopic (exact) mass is 416 g/mol. The van der Waals surface area contributed by atoms with Crippen LogP contribution in [0.4, 0.5) is 0 Å². The van der Waals surface area contributed by atoms with E-state index in [1.165, 1.54) is 0 Å². The van der Waals surface area contributed by atoms with Gasteiger partial charge in [-0.25, -0.2) is 0 Å². The number of esters is 2. The molecule has 0 aliphatic heterocycles. The number of hydrogen-bond donors (Lipinski definition) is 0. The van der Waals surface area contributed by atoms with Crippen molar-refractivity contribution in [3.8, 4) is 0 Å². The smallest absolute Gasteiger partial charge is 0.313 e. The Morgan fingerprint density at radius 3 is 1.45 bits per heavy atom. The fourth-order valence-electron chi connectivity index (χ4n) is 3.48. The zero-order chi connectivity index (χ0) is 21.1. The van der Waals surface area contributed by atoms with Gasteiger partial charge in [-0.15, -0.1) is 11.6 Å². The minimum absolute atomic E-state index is 0.0547. The number of carbonyl (C=O) groups is 2. The third kappa shape index (κ3) is 6.90. The van der Waals surface area contributed by atoms with Crippen molar-refractivity contribution in [1.29, 1.82) is 0 Å². The average Bonchev–Trinajstić information content (AvgIpc) is 2.75. The Balaban J connectivity index is 2.23. The predicted octanol–water partition coefficient (Wildman–Crippen LogP) is 5.32. The van der Waals surface area contributed by atoms with Crippen molar-refractivity contribution in [2.45, 2.75) is 38.5 Å². The lowest BCUT2D eigenvalue weighted by Gasteiger charge is -2.25. The van der Waals surface area contributed by atoms with Gasteiger partial charge in [-0.05, 0) is 43.7 Å². The molecule has 0 fully saturated rings. The number of halogens is 1. The minimum Gasteiger partial charge on any atom is -0.466 e. The van der Waals surface area contributed by atoms with Gasteiger partial charge >= 0.3 is 11.9 Å². The summed E-state index contributed by atoms with van der Waals surface area (Å²) in [6.45, 7) is 4.24. The molecule has 0 bridgehead atoms. The van der Waals surface area contributed by atoms with Crippen molar-refractivity contribution in [3.05, 3.63) is 71.8 Å². The summed E-state index contributed by atoms with van der Waals surface area (Å²) in [5, 5.41) is 0. The molecule has 4 nitrogen and oxygen atoms in total. The van der Waals surface area contributed by atoms with Gasteiger partial charge in [-0.2, -0.15) is 0 Å². The normalized spacial score (nSPS) is 13.9. The minimum atomic E-state index is -0.418. The van der Waals surface area contributed by atoms with E-state index in [4.69, 9.17) is 21.1 Å². The number of hydrogen-bond acceptors (Lipinski definition) is 4. The molecule has 0 amide bonds. The van der Waals surface area contributed by atoms with Crippen LogP contribution in [0.25, 0.3) is 0 Å². The second-order valence-electron chi connectivity index (χ2n) is 6.92. The van der Waals surface area contributed by atoms with Gasteiger partial charge in [0.15, 0.2) is 0 Å². The van der Waals surface area contributed by atoms with Gasteiger partial charge in [0.05, 0.1) is 25.0 Å². The molecule has 2 aromatic rings. The van der Waals surface area contributed by atoms with Crippen LogP contribution >= 0.6 is 11.6 Å². The Labute approximate surface area is 178 Å². The van der Waals surface area contributed by atoms with Gasteiger partial charge in [0.25, 0.3) is 0 Å². The Kier molecular flexibility index (Phi) is 9.72. The highest BCUT2D eigenvalue weighted by Crippen LogP contribution is 2.33. The molecular weight excluding hydrogens is 388 g/mol. The van der Waals surface area contributed by atoms with E-state index >= 15 is 0 Å². The number of alkyl halides is 1. The molecule has 156 valence electrons. The van der Waals surface area contributed by atoms with Gasteiger partial charge in [0, 0.05) is 5.88 Å². The lowest BCUT2D eigenvalue weighted by Crippen LogP contribution is -2.24. The molecule has 29 heavy (non-hydrogen) atoms. The zero-order valence-electron chi connectivity index (χ0n) is 17.1. The first-order valence-corrected chi connectivity index (χ1v) is 10.6. The zero-order valence-corrected chi connectivity index (χ0v) is 17.8. The highest BCUT2D eigenvalue weighted by atomic mass is 35.5. The largest absolute Gasteiger partial charge is 0.466 e. The Morgan fingerprint density at radius 1 is 0.759 bits per heavy atom. The molecule has 0 saturated carbocycles. The van der Waals surface area contributed by atoms with Crippen LogP contribution in [0.1, 0.15) is 49.7 Å². The molecule has 2 aromatic carbocycles. The van der Waals surface area contributed by atoms with Gasteiger partial charge in [0.2, 0.25) is 0 Å². The van der Waals surface area contributed by atoms with Gasteiger partial charge < -0.3 is 9.47 Å². The summed E-state index contributed by atoms with van der Waals surface area (Å²) in [7, 11) is 0. The fourth-order valence-corrected chi connectivity index (χ4v) is 3.73. The third-order valence-corrected chi connectivity index (χ3v) is 5.34. The molecule has 2 unspecified atom stereocenters. The van der Waals surface area contributed by atoms with Crippen LogP contribution in [-0.4, -0.2) is 31.0 Å². The van der Waals surface area contributed by atoms with E-state index in [1.54, 1.807) is 13.8 Å². The van der Waals surface area contributed by atoms with Crippen LogP contribution < -0.4 is 0 Å². The van der Waals surface area contributed by atoms with Crippen LogP contribution in [-0.2, 0) is 19.1 Å². The van der Waals surface area contributed by atoms with Crippen LogP contribution in [0.2, 0.25) is 0 Å². The summed E-state index contributed by atoms with van der Waals surface area (Å²) in [6.07, 6.45) is 1.02. The van der Waals surface area contributed by atoms with E-state index in [0.717, 1.165) is 11.1 Å². The van der Waals surface area contributed by atoms with E-state index in [0.29, 0.717) is 31.9 Å². The lowest BCUT2D eigenvalue weighted by atomic mass is 9.82. The fraction of sp³-hybridized carbons (Fsp3) is 0.417. The summed E-state index contributed by atoms with van der Waals surface area (Å²) in [6, 6.07) is 19.1. The van der Waals surface area contributed by atoms with E-state index in [9.17, 15) is 9.59 Å². The molecule has 0 aromatic heterocycles. The molecule has 0 spiro atoms. The maximum Gasteiger partial charge on any atom is 0.313 e. The van der Waals surface area contributed by atoms with E-state index in [1.807, 2.05) is 60.7 Å². The number of benzene rings is 2. The van der Waals surface area contributed by atoms with Crippen LogP contribution in [0, 0.1) is 5.92 Å². The third-order valence-electron chi connectivity index (χ3n) is 4.90. The summed E-state index contributed by atoms with van der Waals surface area (Å²) >= 11 is 6.29. The first-order valence-electron chi connectivity index (χ1n) is 10.1. The quantitative estimate of drug-likeness (QED) is 0.367. The first kappa shape index (κ1) is 23.0. The molecule has 2 atom stereocenters. The van der Waals surface area contributed by atoms with E-state index in [-0.39, 0.29) is 17.9 Å². The van der Waals surface area contributed by atoms with Crippen molar-refractivity contribution in [3.63, 3.8) is 0 Å². The summed E-state index contributed by atoms with van der Waals surface area (Å²) in [5.41, 5.74) is 1.79. The second kappa shape index (κ2) is 12.3. The highest BCUT2D eigenvalue weighted by molar-refractivity contribution is 6.18. The summed E-state index contributed by atoms with van der Waals surface area (Å²) < 4.78 is 10.6. The molecule has 0 radical (unpaired) electrons. The van der Waals surface area contributed by atoms with Gasteiger partial charge in [-0.1, -0.05) is 60.7 Å². The number of ether oxygens (including phenoxy) is 2. The summed E-state index contributed by atoms with van der Waals surface area (Å²) in [5.74, 6) is -1.08. The average molecular weight is 417 g/mol. The Hall–Kier alpha value is -2.33. The maximum atomic E-state index is 12.6.